The first kappa shape index (κ1) is 25.6. The van der Waals surface area contributed by atoms with E-state index in [-0.39, 0.29) is 30.0 Å². The van der Waals surface area contributed by atoms with Crippen LogP contribution in [0.25, 0.3) is 21.9 Å². The lowest BCUT2D eigenvalue weighted by Gasteiger charge is -2.28. The number of aromatic nitrogens is 1. The molecule has 1 amide bonds. The van der Waals surface area contributed by atoms with Crippen molar-refractivity contribution < 1.29 is 14.3 Å². The van der Waals surface area contributed by atoms with Crippen LogP contribution in [0.4, 0.5) is 4.39 Å². The van der Waals surface area contributed by atoms with E-state index in [9.17, 15) is 19.1 Å². The molecule has 3 aromatic rings. The highest BCUT2D eigenvalue weighted by atomic mass is 19.1. The highest BCUT2D eigenvalue weighted by Gasteiger charge is 2.25. The summed E-state index contributed by atoms with van der Waals surface area (Å²) in [6.07, 6.45) is 3.83. The van der Waals surface area contributed by atoms with Crippen molar-refractivity contribution in [1.82, 2.24) is 20.1 Å². The van der Waals surface area contributed by atoms with Crippen molar-refractivity contribution in [2.75, 3.05) is 32.8 Å². The first-order valence-corrected chi connectivity index (χ1v) is 13.2. The highest BCUT2D eigenvalue weighted by Crippen LogP contribution is 2.31. The molecule has 3 N–H and O–H groups in total. The molecule has 1 aliphatic heterocycles. The zero-order valence-electron chi connectivity index (χ0n) is 21.5. The van der Waals surface area contributed by atoms with Crippen LogP contribution in [0.3, 0.4) is 0 Å². The average molecular weight is 507 g/mol. The van der Waals surface area contributed by atoms with E-state index in [1.807, 2.05) is 31.3 Å². The summed E-state index contributed by atoms with van der Waals surface area (Å²) in [7, 11) is 0. The number of pyridine rings is 1. The quantitative estimate of drug-likeness (QED) is 0.437. The number of nitrogens with one attached hydrogen (secondary N) is 2. The minimum Gasteiger partial charge on any atom is -0.396 e. The number of halogens is 1. The molecule has 0 spiro atoms. The summed E-state index contributed by atoms with van der Waals surface area (Å²) in [5, 5.41) is 17.3. The van der Waals surface area contributed by atoms with Gasteiger partial charge in [0.15, 0.2) is 0 Å². The summed E-state index contributed by atoms with van der Waals surface area (Å²) in [4.78, 5) is 28.4. The number of hydrogen-bond acceptors (Lipinski definition) is 5. The molecule has 1 aromatic heterocycles. The summed E-state index contributed by atoms with van der Waals surface area (Å²) >= 11 is 0. The van der Waals surface area contributed by atoms with Crippen LogP contribution in [0.15, 0.2) is 41.3 Å². The third-order valence-electron chi connectivity index (χ3n) is 7.42. The Hall–Kier alpha value is -3.07. The van der Waals surface area contributed by atoms with E-state index in [4.69, 9.17) is 0 Å². The van der Waals surface area contributed by atoms with Gasteiger partial charge in [0.25, 0.3) is 11.5 Å². The van der Waals surface area contributed by atoms with E-state index in [1.165, 1.54) is 6.07 Å². The summed E-state index contributed by atoms with van der Waals surface area (Å²) in [6.45, 7) is 8.41. The molecule has 0 bridgehead atoms. The Morgan fingerprint density at radius 1 is 1.19 bits per heavy atom. The smallest absolute Gasteiger partial charge is 0.258 e. The first-order valence-electron chi connectivity index (χ1n) is 13.2. The molecule has 1 atom stereocenters. The number of aliphatic hydroxyl groups is 1. The second-order valence-corrected chi connectivity index (χ2v) is 10.6. The van der Waals surface area contributed by atoms with E-state index in [1.54, 1.807) is 17.6 Å². The minimum atomic E-state index is -0.423. The SMILES string of the molecule is Cc1c(F)cc(C(=O)NC2CC2)cc1-c1ccc2c(=O)n(C[C@H](C)CO)cc(CN3CCNCC3)c2c1. The Morgan fingerprint density at radius 2 is 1.95 bits per heavy atom. The normalized spacial score (nSPS) is 17.2. The standard InChI is InChI=1S/C29H35FN4O3/c1-18(17-35)14-34-16-22(15-33-9-7-31-8-10-33)26-11-20(3-6-24(26)29(34)37)25-12-21(13-27(30)19(25)2)28(36)32-23-4-5-23/h3,6,11-13,16,18,23,31,35H,4-5,7-10,14-15,17H2,1-2H3,(H,32,36)/t18-/m0/s1. The minimum absolute atomic E-state index is 0.00600. The molecule has 2 heterocycles. The van der Waals surface area contributed by atoms with Gasteiger partial charge in [-0.1, -0.05) is 13.0 Å². The molecule has 0 radical (unpaired) electrons. The number of amides is 1. The Kier molecular flexibility index (Phi) is 7.42. The topological polar surface area (TPSA) is 86.6 Å². The molecule has 2 aromatic carbocycles. The van der Waals surface area contributed by atoms with E-state index in [0.29, 0.717) is 35.2 Å². The van der Waals surface area contributed by atoms with Gasteiger partial charge >= 0.3 is 0 Å². The summed E-state index contributed by atoms with van der Waals surface area (Å²) in [5.74, 6) is -0.728. The van der Waals surface area contributed by atoms with Crippen molar-refractivity contribution in [1.29, 1.82) is 0 Å². The van der Waals surface area contributed by atoms with E-state index in [2.05, 4.69) is 15.5 Å². The van der Waals surface area contributed by atoms with Crippen LogP contribution < -0.4 is 16.2 Å². The second kappa shape index (κ2) is 10.7. The molecule has 1 aliphatic carbocycles. The number of carbonyl (C=O) groups is 1. The number of carbonyl (C=O) groups excluding carboxylic acids is 1. The third kappa shape index (κ3) is 5.61. The van der Waals surface area contributed by atoms with Gasteiger partial charge < -0.3 is 20.3 Å². The van der Waals surface area contributed by atoms with Gasteiger partial charge in [-0.3, -0.25) is 14.5 Å². The molecular formula is C29H35FN4O3. The van der Waals surface area contributed by atoms with Gasteiger partial charge in [0.1, 0.15) is 5.82 Å². The third-order valence-corrected chi connectivity index (χ3v) is 7.42. The van der Waals surface area contributed by atoms with Gasteiger partial charge in [-0.2, -0.15) is 0 Å². The van der Waals surface area contributed by atoms with Crippen LogP contribution in [-0.4, -0.2) is 59.3 Å². The van der Waals surface area contributed by atoms with Crippen molar-refractivity contribution in [3.05, 3.63) is 69.4 Å². The van der Waals surface area contributed by atoms with Gasteiger partial charge in [-0.25, -0.2) is 4.39 Å². The average Bonchev–Trinajstić information content (AvgIpc) is 3.72. The van der Waals surface area contributed by atoms with Crippen molar-refractivity contribution in [2.45, 2.75) is 45.8 Å². The summed E-state index contributed by atoms with van der Waals surface area (Å²) < 4.78 is 16.6. The first-order chi connectivity index (χ1) is 17.8. The Labute approximate surface area is 216 Å². The van der Waals surface area contributed by atoms with Crippen molar-refractivity contribution in [2.24, 2.45) is 5.92 Å². The van der Waals surface area contributed by atoms with Gasteiger partial charge in [-0.05, 0) is 77.6 Å². The molecule has 196 valence electrons. The molecule has 8 heteroatoms. The zero-order chi connectivity index (χ0) is 26.1. The molecule has 0 unspecified atom stereocenters. The maximum absolute atomic E-state index is 14.9. The fraction of sp³-hybridized carbons (Fsp3) is 0.448. The second-order valence-electron chi connectivity index (χ2n) is 10.6. The predicted molar refractivity (Wildman–Crippen MR) is 143 cm³/mol. The molecule has 7 nitrogen and oxygen atoms in total. The number of fused-ring (bicyclic) bond motifs is 1. The number of hydrogen-bond donors (Lipinski definition) is 3. The van der Waals surface area contributed by atoms with Crippen LogP contribution in [0.5, 0.6) is 0 Å². The molecule has 2 aliphatic rings. The Balaban J connectivity index is 1.60. The zero-order valence-corrected chi connectivity index (χ0v) is 21.5. The highest BCUT2D eigenvalue weighted by molar-refractivity contribution is 5.97. The fourth-order valence-electron chi connectivity index (χ4n) is 5.01. The number of rotatable bonds is 8. The molecule has 1 saturated heterocycles. The van der Waals surface area contributed by atoms with Gasteiger partial charge in [0, 0.05) is 69.1 Å². The monoisotopic (exact) mass is 506 g/mol. The molecule has 5 rings (SSSR count). The lowest BCUT2D eigenvalue weighted by Crippen LogP contribution is -2.43. The van der Waals surface area contributed by atoms with Crippen LogP contribution in [0, 0.1) is 18.7 Å². The Morgan fingerprint density at radius 3 is 2.65 bits per heavy atom. The summed E-state index contributed by atoms with van der Waals surface area (Å²) in [6, 6.07) is 8.83. The van der Waals surface area contributed by atoms with E-state index < -0.39 is 5.82 Å². The maximum Gasteiger partial charge on any atom is 0.258 e. The predicted octanol–water partition coefficient (Wildman–Crippen LogP) is 3.04. The van der Waals surface area contributed by atoms with Crippen molar-refractivity contribution in [3.8, 4) is 11.1 Å². The summed E-state index contributed by atoms with van der Waals surface area (Å²) in [5.41, 5.74) is 3.10. The van der Waals surface area contributed by atoms with Crippen LogP contribution >= 0.6 is 0 Å². The van der Waals surface area contributed by atoms with E-state index >= 15 is 0 Å². The number of aliphatic hydroxyl groups excluding tert-OH is 1. The molecule has 1 saturated carbocycles. The van der Waals surface area contributed by atoms with Crippen LogP contribution in [0.1, 0.15) is 41.3 Å². The number of nitrogens with zero attached hydrogens (tertiary/aromatic N) is 2. The van der Waals surface area contributed by atoms with E-state index in [0.717, 1.165) is 55.5 Å². The van der Waals surface area contributed by atoms with Gasteiger partial charge in [-0.15, -0.1) is 0 Å². The maximum atomic E-state index is 14.9. The molecular weight excluding hydrogens is 471 g/mol. The largest absolute Gasteiger partial charge is 0.396 e. The lowest BCUT2D eigenvalue weighted by atomic mass is 9.94. The van der Waals surface area contributed by atoms with Gasteiger partial charge in [0.05, 0.1) is 0 Å². The number of benzene rings is 2. The number of piperazine rings is 1. The molecule has 2 fully saturated rings. The van der Waals surface area contributed by atoms with Crippen LogP contribution in [0.2, 0.25) is 0 Å². The van der Waals surface area contributed by atoms with Crippen LogP contribution in [-0.2, 0) is 13.1 Å². The molecule has 37 heavy (non-hydrogen) atoms. The van der Waals surface area contributed by atoms with Crippen molar-refractivity contribution in [3.63, 3.8) is 0 Å². The Bertz CT molecular complexity index is 1380. The van der Waals surface area contributed by atoms with Crippen molar-refractivity contribution >= 4 is 16.7 Å². The fourth-order valence-corrected chi connectivity index (χ4v) is 5.01. The lowest BCUT2D eigenvalue weighted by molar-refractivity contribution is 0.0950. The van der Waals surface area contributed by atoms with Gasteiger partial charge in [0.2, 0.25) is 0 Å².